The standard InChI is InChI=1S/C20H26O5/c1-10(2)8-16(21)24-14-7-6-13-9-15-17(11(3)19(23)25-15)18(22)20(13,5)12(14)4/h6,8,12,14-15,18,22H,7,9H2,1-5H3. The van der Waals surface area contributed by atoms with Crippen molar-refractivity contribution in [2.24, 2.45) is 11.3 Å². The molecule has 0 bridgehead atoms. The molecule has 0 aromatic rings. The van der Waals surface area contributed by atoms with E-state index >= 15 is 0 Å². The van der Waals surface area contributed by atoms with Gasteiger partial charge in [-0.05, 0) is 20.8 Å². The first-order valence-corrected chi connectivity index (χ1v) is 8.81. The minimum Gasteiger partial charge on any atom is -0.459 e. The van der Waals surface area contributed by atoms with Crippen molar-refractivity contribution in [3.8, 4) is 0 Å². The second-order valence-corrected chi connectivity index (χ2v) is 7.81. The predicted molar refractivity (Wildman–Crippen MR) is 92.5 cm³/mol. The van der Waals surface area contributed by atoms with Gasteiger partial charge in [0.2, 0.25) is 0 Å². The third kappa shape index (κ3) is 2.74. The number of ether oxygens (including phenoxy) is 2. The average molecular weight is 346 g/mol. The van der Waals surface area contributed by atoms with Gasteiger partial charge in [0.1, 0.15) is 12.2 Å². The van der Waals surface area contributed by atoms with E-state index in [1.165, 1.54) is 6.08 Å². The SMILES string of the molecule is CC(C)=CC(=O)OC1CC=C2CC3OC(=O)C(C)=C3C(O)C2(C)C1C. The number of hydrogen-bond acceptors (Lipinski definition) is 5. The fourth-order valence-corrected chi connectivity index (χ4v) is 4.35. The molecule has 136 valence electrons. The molecule has 1 aliphatic heterocycles. The van der Waals surface area contributed by atoms with Gasteiger partial charge in [0.15, 0.2) is 0 Å². The van der Waals surface area contributed by atoms with E-state index in [0.29, 0.717) is 24.0 Å². The Morgan fingerprint density at radius 2 is 2.12 bits per heavy atom. The zero-order valence-electron chi connectivity index (χ0n) is 15.5. The lowest BCUT2D eigenvalue weighted by Crippen LogP contribution is -2.53. The Balaban J connectivity index is 1.92. The summed E-state index contributed by atoms with van der Waals surface area (Å²) >= 11 is 0. The van der Waals surface area contributed by atoms with Gasteiger partial charge in [0, 0.05) is 41.4 Å². The molecule has 1 heterocycles. The second-order valence-electron chi connectivity index (χ2n) is 7.81. The summed E-state index contributed by atoms with van der Waals surface area (Å²) in [6, 6.07) is 0. The highest BCUT2D eigenvalue weighted by atomic mass is 16.6. The molecule has 25 heavy (non-hydrogen) atoms. The fourth-order valence-electron chi connectivity index (χ4n) is 4.35. The van der Waals surface area contributed by atoms with Crippen LogP contribution in [0.15, 0.2) is 34.4 Å². The zero-order chi connectivity index (χ0) is 18.5. The number of rotatable bonds is 2. The Morgan fingerprint density at radius 1 is 1.44 bits per heavy atom. The molecule has 5 heteroatoms. The molecule has 0 amide bonds. The lowest BCUT2D eigenvalue weighted by molar-refractivity contribution is -0.151. The Kier molecular flexibility index (Phi) is 4.40. The van der Waals surface area contributed by atoms with Crippen molar-refractivity contribution < 1.29 is 24.2 Å². The minimum atomic E-state index is -0.816. The molecule has 5 unspecified atom stereocenters. The van der Waals surface area contributed by atoms with Crippen LogP contribution >= 0.6 is 0 Å². The van der Waals surface area contributed by atoms with Gasteiger partial charge < -0.3 is 14.6 Å². The maximum Gasteiger partial charge on any atom is 0.334 e. The van der Waals surface area contributed by atoms with Crippen molar-refractivity contribution in [1.82, 2.24) is 0 Å². The quantitative estimate of drug-likeness (QED) is 0.473. The molecule has 3 aliphatic rings. The third-order valence-corrected chi connectivity index (χ3v) is 6.07. The fraction of sp³-hybridized carbons (Fsp3) is 0.600. The van der Waals surface area contributed by atoms with E-state index in [1.54, 1.807) is 6.92 Å². The highest BCUT2D eigenvalue weighted by molar-refractivity contribution is 5.92. The van der Waals surface area contributed by atoms with Gasteiger partial charge in [-0.25, -0.2) is 9.59 Å². The van der Waals surface area contributed by atoms with Crippen molar-refractivity contribution in [1.29, 1.82) is 0 Å². The summed E-state index contributed by atoms with van der Waals surface area (Å²) in [7, 11) is 0. The van der Waals surface area contributed by atoms with Gasteiger partial charge in [-0.1, -0.05) is 31.1 Å². The molecular weight excluding hydrogens is 320 g/mol. The first kappa shape index (κ1) is 17.9. The van der Waals surface area contributed by atoms with Crippen molar-refractivity contribution >= 4 is 11.9 Å². The van der Waals surface area contributed by atoms with Crippen LogP contribution in [0.1, 0.15) is 47.5 Å². The van der Waals surface area contributed by atoms with Gasteiger partial charge in [0.05, 0.1) is 6.10 Å². The van der Waals surface area contributed by atoms with Gasteiger partial charge in [-0.3, -0.25) is 0 Å². The summed E-state index contributed by atoms with van der Waals surface area (Å²) in [5, 5.41) is 11.1. The van der Waals surface area contributed by atoms with E-state index in [-0.39, 0.29) is 30.1 Å². The summed E-state index contributed by atoms with van der Waals surface area (Å²) in [6.07, 6.45) is 3.26. The number of esters is 2. The largest absolute Gasteiger partial charge is 0.459 e. The van der Waals surface area contributed by atoms with E-state index in [1.807, 2.05) is 33.8 Å². The van der Waals surface area contributed by atoms with Gasteiger partial charge in [0.25, 0.3) is 0 Å². The molecule has 0 saturated heterocycles. The summed E-state index contributed by atoms with van der Waals surface area (Å²) in [5.41, 5.74) is 2.59. The van der Waals surface area contributed by atoms with Crippen LogP contribution in [0.4, 0.5) is 0 Å². The monoisotopic (exact) mass is 346 g/mol. The summed E-state index contributed by atoms with van der Waals surface area (Å²) < 4.78 is 11.1. The van der Waals surface area contributed by atoms with E-state index in [4.69, 9.17) is 9.47 Å². The molecule has 5 atom stereocenters. The molecule has 0 aromatic carbocycles. The molecule has 3 rings (SSSR count). The number of aliphatic hydroxyl groups excluding tert-OH is 1. The van der Waals surface area contributed by atoms with Crippen LogP contribution < -0.4 is 0 Å². The topological polar surface area (TPSA) is 72.8 Å². The van der Waals surface area contributed by atoms with Crippen molar-refractivity contribution in [2.45, 2.75) is 65.8 Å². The summed E-state index contributed by atoms with van der Waals surface area (Å²) in [6.45, 7) is 9.40. The highest BCUT2D eigenvalue weighted by Crippen LogP contribution is 2.55. The molecule has 1 N–H and O–H groups in total. The Hall–Kier alpha value is -1.88. The van der Waals surface area contributed by atoms with E-state index in [0.717, 1.165) is 11.1 Å². The molecule has 0 aromatic heterocycles. The van der Waals surface area contributed by atoms with E-state index in [2.05, 4.69) is 0 Å². The second kappa shape index (κ2) is 6.13. The minimum absolute atomic E-state index is 0.0750. The predicted octanol–water partition coefficient (Wildman–Crippen LogP) is 2.84. The van der Waals surface area contributed by atoms with Crippen LogP contribution in [-0.4, -0.2) is 35.4 Å². The van der Waals surface area contributed by atoms with Crippen LogP contribution in [0.2, 0.25) is 0 Å². The van der Waals surface area contributed by atoms with Crippen LogP contribution in [0.5, 0.6) is 0 Å². The van der Waals surface area contributed by atoms with E-state index in [9.17, 15) is 14.7 Å². The Morgan fingerprint density at radius 3 is 2.76 bits per heavy atom. The lowest BCUT2D eigenvalue weighted by Gasteiger charge is -2.51. The average Bonchev–Trinajstić information content (AvgIpc) is 2.80. The number of fused-ring (bicyclic) bond motifs is 2. The van der Waals surface area contributed by atoms with Crippen LogP contribution in [0.25, 0.3) is 0 Å². The third-order valence-electron chi connectivity index (χ3n) is 6.07. The van der Waals surface area contributed by atoms with Crippen molar-refractivity contribution in [3.05, 3.63) is 34.4 Å². The number of aliphatic hydroxyl groups is 1. The van der Waals surface area contributed by atoms with Gasteiger partial charge in [-0.15, -0.1) is 0 Å². The molecular formula is C20H26O5. The molecule has 2 aliphatic carbocycles. The molecule has 1 saturated carbocycles. The number of hydrogen-bond donors (Lipinski definition) is 1. The zero-order valence-corrected chi connectivity index (χ0v) is 15.5. The summed E-state index contributed by atoms with van der Waals surface area (Å²) in [4.78, 5) is 23.9. The highest BCUT2D eigenvalue weighted by Gasteiger charge is 2.56. The molecule has 5 nitrogen and oxygen atoms in total. The van der Waals surface area contributed by atoms with Gasteiger partial charge in [-0.2, -0.15) is 0 Å². The number of allylic oxidation sites excluding steroid dienone is 1. The van der Waals surface area contributed by atoms with Crippen molar-refractivity contribution in [3.63, 3.8) is 0 Å². The Labute approximate surface area is 148 Å². The summed E-state index contributed by atoms with van der Waals surface area (Å²) in [5.74, 6) is -0.773. The van der Waals surface area contributed by atoms with E-state index < -0.39 is 11.5 Å². The first-order valence-electron chi connectivity index (χ1n) is 8.81. The van der Waals surface area contributed by atoms with Gasteiger partial charge >= 0.3 is 11.9 Å². The molecule has 0 spiro atoms. The van der Waals surface area contributed by atoms with Crippen molar-refractivity contribution in [2.75, 3.05) is 0 Å². The van der Waals surface area contributed by atoms with Crippen LogP contribution in [0.3, 0.4) is 0 Å². The molecule has 0 radical (unpaired) electrons. The maximum atomic E-state index is 12.0. The smallest absolute Gasteiger partial charge is 0.334 e. The maximum absolute atomic E-state index is 12.0. The number of carbonyl (C=O) groups excluding carboxylic acids is 2. The number of carbonyl (C=O) groups is 2. The van der Waals surface area contributed by atoms with Crippen LogP contribution in [-0.2, 0) is 19.1 Å². The van der Waals surface area contributed by atoms with Crippen LogP contribution in [0, 0.1) is 11.3 Å². The normalized spacial score (nSPS) is 36.9. The Bertz CT molecular complexity index is 710. The molecule has 1 fully saturated rings. The first-order chi connectivity index (χ1) is 11.7. The lowest BCUT2D eigenvalue weighted by atomic mass is 9.56.